The van der Waals surface area contributed by atoms with Crippen LogP contribution in [0.25, 0.3) is 10.8 Å². The van der Waals surface area contributed by atoms with Crippen LogP contribution in [0, 0.1) is 11.8 Å². The fourth-order valence-electron chi connectivity index (χ4n) is 3.30. The topological polar surface area (TPSA) is 74.6 Å². The molecule has 2 aromatic carbocycles. The molecular weight excluding hydrogens is 304 g/mol. The van der Waals surface area contributed by atoms with Gasteiger partial charge in [0.1, 0.15) is 0 Å². The highest BCUT2D eigenvalue weighted by Gasteiger charge is 2.27. The molecule has 0 unspecified atom stereocenters. The highest BCUT2D eigenvalue weighted by atomic mass is 16.4. The van der Waals surface area contributed by atoms with E-state index in [1.54, 1.807) is 12.1 Å². The van der Waals surface area contributed by atoms with E-state index in [4.69, 9.17) is 0 Å². The fourth-order valence-corrected chi connectivity index (χ4v) is 3.30. The van der Waals surface area contributed by atoms with Crippen LogP contribution in [0.3, 0.4) is 0 Å². The molecule has 0 radical (unpaired) electrons. The highest BCUT2D eigenvalue weighted by Crippen LogP contribution is 2.34. The quantitative estimate of drug-likeness (QED) is 0.810. The molecule has 128 valence electrons. The molecule has 0 saturated carbocycles. The number of carboxylic acid groups (broad SMARTS) is 2. The summed E-state index contributed by atoms with van der Waals surface area (Å²) in [5.41, 5.74) is 1.49. The molecule has 2 N–H and O–H groups in total. The van der Waals surface area contributed by atoms with Crippen molar-refractivity contribution in [2.75, 3.05) is 0 Å². The summed E-state index contributed by atoms with van der Waals surface area (Å²) >= 11 is 0. The number of hydrogen-bond donors (Lipinski definition) is 2. The standard InChI is InChI=1S/C20H24O4/c1-11(2)9-15-13-7-5-6-8-14(13)17(19(21)22)18(20(23)24)16(15)10-12(3)4/h5-8,11-12H,9-10H2,1-4H3,(H,21,22)(H,23,24). The molecule has 0 bridgehead atoms. The molecule has 0 aliphatic heterocycles. The molecule has 0 aliphatic rings. The summed E-state index contributed by atoms with van der Waals surface area (Å²) < 4.78 is 0. The van der Waals surface area contributed by atoms with E-state index in [-0.39, 0.29) is 17.0 Å². The predicted octanol–water partition coefficient (Wildman–Crippen LogP) is 4.63. The van der Waals surface area contributed by atoms with Crippen molar-refractivity contribution in [3.05, 3.63) is 46.5 Å². The van der Waals surface area contributed by atoms with Crippen LogP contribution in [0.5, 0.6) is 0 Å². The highest BCUT2D eigenvalue weighted by molar-refractivity contribution is 6.13. The Hall–Kier alpha value is -2.36. The van der Waals surface area contributed by atoms with Crippen molar-refractivity contribution in [1.29, 1.82) is 0 Å². The van der Waals surface area contributed by atoms with Gasteiger partial charge in [-0.3, -0.25) is 0 Å². The lowest BCUT2D eigenvalue weighted by Crippen LogP contribution is -2.17. The first-order valence-corrected chi connectivity index (χ1v) is 8.27. The maximum absolute atomic E-state index is 11.9. The van der Waals surface area contributed by atoms with Crippen molar-refractivity contribution in [2.24, 2.45) is 11.8 Å². The van der Waals surface area contributed by atoms with Gasteiger partial charge in [-0.25, -0.2) is 9.59 Å². The van der Waals surface area contributed by atoms with Gasteiger partial charge in [-0.15, -0.1) is 0 Å². The summed E-state index contributed by atoms with van der Waals surface area (Å²) in [6, 6.07) is 7.22. The third kappa shape index (κ3) is 3.42. The van der Waals surface area contributed by atoms with E-state index >= 15 is 0 Å². The van der Waals surface area contributed by atoms with Crippen LogP contribution < -0.4 is 0 Å². The van der Waals surface area contributed by atoms with E-state index in [1.807, 2.05) is 26.0 Å². The van der Waals surface area contributed by atoms with Gasteiger partial charge in [0.05, 0.1) is 11.1 Å². The van der Waals surface area contributed by atoms with Crippen molar-refractivity contribution >= 4 is 22.7 Å². The molecule has 0 amide bonds. The molecule has 2 rings (SSSR count). The van der Waals surface area contributed by atoms with Crippen LogP contribution in [0.2, 0.25) is 0 Å². The van der Waals surface area contributed by atoms with E-state index in [0.717, 1.165) is 17.4 Å². The van der Waals surface area contributed by atoms with Crippen molar-refractivity contribution in [2.45, 2.75) is 40.5 Å². The van der Waals surface area contributed by atoms with Crippen LogP contribution in [0.1, 0.15) is 59.5 Å². The van der Waals surface area contributed by atoms with Crippen molar-refractivity contribution in [3.8, 4) is 0 Å². The number of carboxylic acids is 2. The Morgan fingerprint density at radius 3 is 1.71 bits per heavy atom. The molecule has 0 fully saturated rings. The molecule has 24 heavy (non-hydrogen) atoms. The van der Waals surface area contributed by atoms with Gasteiger partial charge in [0.25, 0.3) is 0 Å². The van der Waals surface area contributed by atoms with Gasteiger partial charge >= 0.3 is 11.9 Å². The van der Waals surface area contributed by atoms with Crippen LogP contribution in [0.15, 0.2) is 24.3 Å². The number of fused-ring (bicyclic) bond motifs is 1. The molecule has 0 atom stereocenters. The number of rotatable bonds is 6. The summed E-state index contributed by atoms with van der Waals surface area (Å²) in [6.45, 7) is 8.19. The van der Waals surface area contributed by atoms with Gasteiger partial charge in [-0.05, 0) is 46.6 Å². The maximum Gasteiger partial charge on any atom is 0.337 e. The monoisotopic (exact) mass is 328 g/mol. The second-order valence-electron chi connectivity index (χ2n) is 7.06. The summed E-state index contributed by atoms with van der Waals surface area (Å²) in [4.78, 5) is 23.8. The largest absolute Gasteiger partial charge is 0.478 e. The number of hydrogen-bond acceptors (Lipinski definition) is 2. The molecule has 0 heterocycles. The van der Waals surface area contributed by atoms with Crippen LogP contribution in [0.4, 0.5) is 0 Å². The number of carbonyl (C=O) groups is 2. The minimum absolute atomic E-state index is 0.0504. The first-order valence-electron chi connectivity index (χ1n) is 8.27. The third-order valence-electron chi connectivity index (χ3n) is 4.09. The molecule has 0 saturated heterocycles. The molecule has 0 aromatic heterocycles. The molecule has 2 aromatic rings. The maximum atomic E-state index is 11.9. The van der Waals surface area contributed by atoms with Gasteiger partial charge in [0, 0.05) is 0 Å². The van der Waals surface area contributed by atoms with Gasteiger partial charge in [-0.2, -0.15) is 0 Å². The molecular formula is C20H24O4. The Kier molecular flexibility index (Phi) is 5.27. The SMILES string of the molecule is CC(C)Cc1c(C(=O)O)c(C(=O)O)c2ccccc2c1CC(C)C. The number of benzene rings is 2. The van der Waals surface area contributed by atoms with Crippen molar-refractivity contribution in [1.82, 2.24) is 0 Å². The molecule has 4 heteroatoms. The van der Waals surface area contributed by atoms with E-state index in [1.165, 1.54) is 0 Å². The summed E-state index contributed by atoms with van der Waals surface area (Å²) in [7, 11) is 0. The van der Waals surface area contributed by atoms with Crippen molar-refractivity contribution < 1.29 is 19.8 Å². The van der Waals surface area contributed by atoms with Crippen LogP contribution >= 0.6 is 0 Å². The van der Waals surface area contributed by atoms with Gasteiger partial charge in [0.2, 0.25) is 0 Å². The van der Waals surface area contributed by atoms with Gasteiger partial charge in [0.15, 0.2) is 0 Å². The minimum Gasteiger partial charge on any atom is -0.478 e. The minimum atomic E-state index is -1.19. The Morgan fingerprint density at radius 1 is 0.792 bits per heavy atom. The first kappa shape index (κ1) is 18.0. The summed E-state index contributed by atoms with van der Waals surface area (Å²) in [6.07, 6.45) is 1.28. The summed E-state index contributed by atoms with van der Waals surface area (Å²) in [5.74, 6) is -1.78. The van der Waals surface area contributed by atoms with E-state index in [2.05, 4.69) is 13.8 Å². The zero-order chi connectivity index (χ0) is 18.0. The smallest absolute Gasteiger partial charge is 0.337 e. The van der Waals surface area contributed by atoms with E-state index in [9.17, 15) is 19.8 Å². The predicted molar refractivity (Wildman–Crippen MR) is 95.0 cm³/mol. The van der Waals surface area contributed by atoms with E-state index < -0.39 is 11.9 Å². The zero-order valence-corrected chi connectivity index (χ0v) is 14.6. The normalized spacial score (nSPS) is 11.4. The average molecular weight is 328 g/mol. The fraction of sp³-hybridized carbons (Fsp3) is 0.400. The van der Waals surface area contributed by atoms with Crippen LogP contribution in [-0.2, 0) is 12.8 Å². The van der Waals surface area contributed by atoms with E-state index in [0.29, 0.717) is 23.3 Å². The first-order chi connectivity index (χ1) is 11.2. The Bertz CT molecular complexity index is 788. The van der Waals surface area contributed by atoms with Gasteiger partial charge < -0.3 is 10.2 Å². The Balaban J connectivity index is 3.01. The summed E-state index contributed by atoms with van der Waals surface area (Å²) in [5, 5.41) is 20.8. The lowest BCUT2D eigenvalue weighted by atomic mass is 9.82. The third-order valence-corrected chi connectivity index (χ3v) is 4.09. The molecule has 4 nitrogen and oxygen atoms in total. The molecule has 0 aliphatic carbocycles. The Labute approximate surface area is 142 Å². The number of aromatic carboxylic acids is 2. The van der Waals surface area contributed by atoms with Crippen molar-refractivity contribution in [3.63, 3.8) is 0 Å². The second-order valence-corrected chi connectivity index (χ2v) is 7.06. The average Bonchev–Trinajstić information content (AvgIpc) is 2.47. The molecule has 0 spiro atoms. The second kappa shape index (κ2) is 7.04. The Morgan fingerprint density at radius 2 is 1.25 bits per heavy atom. The van der Waals surface area contributed by atoms with Gasteiger partial charge in [-0.1, -0.05) is 52.0 Å². The lowest BCUT2D eigenvalue weighted by Gasteiger charge is -2.21. The zero-order valence-electron chi connectivity index (χ0n) is 14.6. The lowest BCUT2D eigenvalue weighted by molar-refractivity contribution is 0.0652. The van der Waals surface area contributed by atoms with Crippen LogP contribution in [-0.4, -0.2) is 22.2 Å².